The molecule has 118 valence electrons. The molecule has 0 aromatic heterocycles. The lowest BCUT2D eigenvalue weighted by Crippen LogP contribution is -2.64. The highest BCUT2D eigenvalue weighted by molar-refractivity contribution is 5.78. The van der Waals surface area contributed by atoms with E-state index in [0.717, 1.165) is 14.2 Å². The van der Waals surface area contributed by atoms with Crippen LogP contribution in [0.25, 0.3) is 0 Å². The Morgan fingerprint density at radius 2 is 2.05 bits per heavy atom. The topological polar surface area (TPSA) is 152 Å². The average Bonchev–Trinajstić information content (AvgIpc) is 2.47. The molecule has 0 radical (unpaired) electrons. The second kappa shape index (κ2) is 6.76. The van der Waals surface area contributed by atoms with Gasteiger partial charge >= 0.3 is 5.97 Å². The molecule has 0 amide bonds. The van der Waals surface area contributed by atoms with Crippen molar-refractivity contribution < 1.29 is 39.4 Å². The number of hydrogen-bond acceptors (Lipinski definition) is 9. The standard InChI is InChI=1S/C11H21NO8/c1-18-10(17)11(19-2)3-5(13)7(15)9(20-11)8(16)6(14)4-12/h5-9,13-16H,3-4,12H2,1-2H3/t5-,6+,7+,8+,9+,11+/m0/s1. The number of esters is 1. The third-order valence-corrected chi connectivity index (χ3v) is 3.33. The monoisotopic (exact) mass is 295 g/mol. The highest BCUT2D eigenvalue weighted by atomic mass is 16.7. The number of nitrogens with two attached hydrogens (primary N) is 1. The molecule has 0 spiro atoms. The number of ether oxygens (including phenoxy) is 3. The first-order chi connectivity index (χ1) is 9.32. The maximum atomic E-state index is 11.7. The Balaban J connectivity index is 3.02. The average molecular weight is 295 g/mol. The quantitative estimate of drug-likeness (QED) is 0.328. The Bertz CT molecular complexity index is 340. The molecule has 0 aromatic rings. The van der Waals surface area contributed by atoms with E-state index in [9.17, 15) is 25.2 Å². The molecule has 1 rings (SSSR count). The van der Waals surface area contributed by atoms with E-state index in [4.69, 9.17) is 15.2 Å². The zero-order chi connectivity index (χ0) is 15.5. The first-order valence-corrected chi connectivity index (χ1v) is 6.06. The first-order valence-electron chi connectivity index (χ1n) is 6.06. The predicted molar refractivity (Wildman–Crippen MR) is 64.3 cm³/mol. The van der Waals surface area contributed by atoms with Crippen LogP contribution in [0.2, 0.25) is 0 Å². The van der Waals surface area contributed by atoms with Crippen molar-refractivity contribution in [3.05, 3.63) is 0 Å². The normalized spacial score (nSPS) is 37.2. The van der Waals surface area contributed by atoms with Gasteiger partial charge in [-0.25, -0.2) is 4.79 Å². The van der Waals surface area contributed by atoms with Crippen molar-refractivity contribution in [2.24, 2.45) is 5.73 Å². The van der Waals surface area contributed by atoms with Gasteiger partial charge in [0.2, 0.25) is 0 Å². The van der Waals surface area contributed by atoms with Crippen LogP contribution < -0.4 is 5.73 Å². The number of carbonyl (C=O) groups excluding carboxylic acids is 1. The molecule has 9 nitrogen and oxygen atoms in total. The maximum absolute atomic E-state index is 11.7. The summed E-state index contributed by atoms with van der Waals surface area (Å²) in [5.41, 5.74) is 5.21. The van der Waals surface area contributed by atoms with Crippen molar-refractivity contribution in [1.82, 2.24) is 0 Å². The van der Waals surface area contributed by atoms with Gasteiger partial charge in [0.1, 0.15) is 18.3 Å². The van der Waals surface area contributed by atoms with Gasteiger partial charge in [-0.15, -0.1) is 0 Å². The van der Waals surface area contributed by atoms with Crippen LogP contribution in [0.15, 0.2) is 0 Å². The van der Waals surface area contributed by atoms with Gasteiger partial charge in [0.15, 0.2) is 0 Å². The second-order valence-corrected chi connectivity index (χ2v) is 4.59. The lowest BCUT2D eigenvalue weighted by Gasteiger charge is -2.44. The Kier molecular flexibility index (Phi) is 5.83. The van der Waals surface area contributed by atoms with Gasteiger partial charge < -0.3 is 40.4 Å². The van der Waals surface area contributed by atoms with Gasteiger partial charge in [0, 0.05) is 20.1 Å². The number of carbonyl (C=O) groups is 1. The Morgan fingerprint density at radius 3 is 2.50 bits per heavy atom. The molecular weight excluding hydrogens is 274 g/mol. The van der Waals surface area contributed by atoms with E-state index in [1.807, 2.05) is 0 Å². The number of methoxy groups -OCH3 is 2. The molecule has 0 aliphatic carbocycles. The minimum absolute atomic E-state index is 0.290. The summed E-state index contributed by atoms with van der Waals surface area (Å²) in [4.78, 5) is 11.7. The van der Waals surface area contributed by atoms with Crippen molar-refractivity contribution in [3.8, 4) is 0 Å². The van der Waals surface area contributed by atoms with Crippen molar-refractivity contribution in [2.45, 2.75) is 42.7 Å². The largest absolute Gasteiger partial charge is 0.465 e. The number of aliphatic hydroxyl groups is 4. The Hall–Kier alpha value is -0.810. The van der Waals surface area contributed by atoms with Crippen LogP contribution in [-0.2, 0) is 19.0 Å². The zero-order valence-corrected chi connectivity index (χ0v) is 11.3. The van der Waals surface area contributed by atoms with E-state index in [0.29, 0.717) is 0 Å². The summed E-state index contributed by atoms with van der Waals surface area (Å²) in [6, 6.07) is 0. The molecule has 1 fully saturated rings. The summed E-state index contributed by atoms with van der Waals surface area (Å²) in [7, 11) is 2.26. The minimum atomic E-state index is -1.96. The van der Waals surface area contributed by atoms with E-state index in [1.165, 1.54) is 0 Å². The van der Waals surface area contributed by atoms with Crippen LogP contribution in [-0.4, -0.2) is 83.5 Å². The fraction of sp³-hybridized carbons (Fsp3) is 0.909. The van der Waals surface area contributed by atoms with Crippen molar-refractivity contribution >= 4 is 5.97 Å². The van der Waals surface area contributed by atoms with Crippen LogP contribution >= 0.6 is 0 Å². The fourth-order valence-corrected chi connectivity index (χ4v) is 2.08. The Morgan fingerprint density at radius 1 is 1.45 bits per heavy atom. The van der Waals surface area contributed by atoms with Gasteiger partial charge in [-0.1, -0.05) is 0 Å². The van der Waals surface area contributed by atoms with E-state index in [2.05, 4.69) is 4.74 Å². The van der Waals surface area contributed by atoms with Crippen LogP contribution in [0.5, 0.6) is 0 Å². The summed E-state index contributed by atoms with van der Waals surface area (Å²) in [6.07, 6.45) is -7.77. The van der Waals surface area contributed by atoms with E-state index >= 15 is 0 Å². The lowest BCUT2D eigenvalue weighted by atomic mass is 9.90. The minimum Gasteiger partial charge on any atom is -0.465 e. The Labute approximate surface area is 115 Å². The van der Waals surface area contributed by atoms with Gasteiger partial charge in [-0.3, -0.25) is 0 Å². The highest BCUT2D eigenvalue weighted by Crippen LogP contribution is 2.33. The van der Waals surface area contributed by atoms with Crippen molar-refractivity contribution in [2.75, 3.05) is 20.8 Å². The lowest BCUT2D eigenvalue weighted by molar-refractivity contribution is -0.320. The summed E-state index contributed by atoms with van der Waals surface area (Å²) >= 11 is 0. The molecule has 1 saturated heterocycles. The summed E-state index contributed by atoms with van der Waals surface area (Å²) in [5, 5.41) is 39.1. The van der Waals surface area contributed by atoms with E-state index < -0.39 is 42.3 Å². The van der Waals surface area contributed by atoms with Crippen LogP contribution in [0.3, 0.4) is 0 Å². The third-order valence-electron chi connectivity index (χ3n) is 3.33. The van der Waals surface area contributed by atoms with E-state index in [-0.39, 0.29) is 13.0 Å². The molecule has 0 saturated carbocycles. The maximum Gasteiger partial charge on any atom is 0.366 e. The van der Waals surface area contributed by atoms with Crippen LogP contribution in [0, 0.1) is 0 Å². The molecule has 1 heterocycles. The number of rotatable bonds is 5. The first kappa shape index (κ1) is 17.2. The predicted octanol–water partition coefficient (Wildman–Crippen LogP) is -3.31. The summed E-state index contributed by atoms with van der Waals surface area (Å²) < 4.78 is 14.8. The molecule has 6 N–H and O–H groups in total. The third kappa shape index (κ3) is 3.09. The molecule has 1 aliphatic heterocycles. The van der Waals surface area contributed by atoms with Crippen molar-refractivity contribution in [3.63, 3.8) is 0 Å². The fourth-order valence-electron chi connectivity index (χ4n) is 2.08. The van der Waals surface area contributed by atoms with Gasteiger partial charge in [0.05, 0.1) is 19.3 Å². The second-order valence-electron chi connectivity index (χ2n) is 4.59. The molecule has 20 heavy (non-hydrogen) atoms. The van der Waals surface area contributed by atoms with Gasteiger partial charge in [0.25, 0.3) is 5.79 Å². The van der Waals surface area contributed by atoms with Crippen molar-refractivity contribution in [1.29, 1.82) is 0 Å². The molecule has 0 bridgehead atoms. The van der Waals surface area contributed by atoms with Gasteiger partial charge in [-0.05, 0) is 0 Å². The van der Waals surface area contributed by atoms with Gasteiger partial charge in [-0.2, -0.15) is 0 Å². The van der Waals surface area contributed by atoms with Crippen LogP contribution in [0.4, 0.5) is 0 Å². The number of hydrogen-bond donors (Lipinski definition) is 5. The molecule has 6 atom stereocenters. The smallest absolute Gasteiger partial charge is 0.366 e. The summed E-state index contributed by atoms with van der Waals surface area (Å²) in [6.45, 7) is -0.290. The zero-order valence-electron chi connectivity index (χ0n) is 11.3. The molecule has 1 aliphatic rings. The SMILES string of the molecule is COC(=O)[C@@]1(OC)C[C@H](O)[C@@H](O)[C@H]([C@H](O)[C@H](O)CN)O1. The molecule has 9 heteroatoms. The number of aliphatic hydroxyl groups excluding tert-OH is 4. The molecular formula is C11H21NO8. The summed E-state index contributed by atoms with van der Waals surface area (Å²) in [5.74, 6) is -2.89. The van der Waals surface area contributed by atoms with E-state index in [1.54, 1.807) is 0 Å². The van der Waals surface area contributed by atoms with Crippen LogP contribution in [0.1, 0.15) is 6.42 Å². The molecule has 0 unspecified atom stereocenters. The molecule has 0 aromatic carbocycles. The highest BCUT2D eigenvalue weighted by Gasteiger charge is 2.55.